The number of piperidine rings is 1. The number of carbonyl (C=O) groups excluding carboxylic acids is 5. The molecular weight excluding hydrogens is 548 g/mol. The average Bonchev–Trinajstić information content (AvgIpc) is 3.36. The molecule has 2 aliphatic heterocycles. The van der Waals surface area contributed by atoms with Crippen LogP contribution in [0, 0.1) is 11.8 Å². The zero-order chi connectivity index (χ0) is 31.1. The van der Waals surface area contributed by atoms with Crippen molar-refractivity contribution >= 4 is 40.2 Å². The molecule has 1 aromatic heterocycles. The number of aromatic nitrogens is 1. The lowest BCUT2D eigenvalue weighted by atomic mass is 9.87. The monoisotopic (exact) mass is 594 g/mol. The maximum absolute atomic E-state index is 14.0. The molecule has 5 atom stereocenters. The normalized spacial score (nSPS) is 24.4. The van der Waals surface area contributed by atoms with E-state index in [4.69, 9.17) is 4.84 Å². The van der Waals surface area contributed by atoms with Crippen LogP contribution in [0.15, 0.2) is 30.5 Å². The summed E-state index contributed by atoms with van der Waals surface area (Å²) in [6, 6.07) is 5.26. The van der Waals surface area contributed by atoms with E-state index in [2.05, 4.69) is 10.6 Å². The van der Waals surface area contributed by atoms with Crippen molar-refractivity contribution in [1.29, 1.82) is 0 Å². The standard InChI is InChI=1S/C33H46N4O6/c1-5-21(2)30-33(42)36-17-11-10-16-28(36)29(39)19-23(13-7-6-12-22(3)38)31(40)34-26(32(41)35-30)18-24-20-37(43-4)27-15-9-8-14-25(24)27/h8-9,14-15,20-21,23,26,28,30H,5-7,10-13,16-19H2,1-4H3,(H,34,40)(H,35,41)/t21?,23-,26+,28-,30+/m1/s1. The van der Waals surface area contributed by atoms with Crippen LogP contribution in [0.2, 0.25) is 0 Å². The zero-order valence-corrected chi connectivity index (χ0v) is 25.9. The summed E-state index contributed by atoms with van der Waals surface area (Å²) in [5, 5.41) is 6.84. The summed E-state index contributed by atoms with van der Waals surface area (Å²) >= 11 is 0. The Labute approximate surface area is 253 Å². The summed E-state index contributed by atoms with van der Waals surface area (Å²) in [6.07, 6.45) is 6.85. The van der Waals surface area contributed by atoms with Crippen molar-refractivity contribution in [2.24, 2.45) is 11.8 Å². The molecule has 3 amide bonds. The van der Waals surface area contributed by atoms with Crippen LogP contribution in [0.25, 0.3) is 10.9 Å². The van der Waals surface area contributed by atoms with Gasteiger partial charge in [0.1, 0.15) is 25.0 Å². The van der Waals surface area contributed by atoms with E-state index in [1.54, 1.807) is 22.9 Å². The fourth-order valence-electron chi connectivity index (χ4n) is 6.37. The van der Waals surface area contributed by atoms with Crippen LogP contribution in [0.5, 0.6) is 0 Å². The summed E-state index contributed by atoms with van der Waals surface area (Å²) in [5.74, 6) is -1.90. The number of amides is 3. The number of hydrogen-bond donors (Lipinski definition) is 2. The van der Waals surface area contributed by atoms with Gasteiger partial charge in [-0.25, -0.2) is 0 Å². The predicted octanol–water partition coefficient (Wildman–Crippen LogP) is 3.38. The topological polar surface area (TPSA) is 127 Å². The van der Waals surface area contributed by atoms with Crippen LogP contribution < -0.4 is 15.5 Å². The molecule has 2 saturated heterocycles. The molecule has 1 aromatic carbocycles. The van der Waals surface area contributed by atoms with Crippen LogP contribution in [0.1, 0.15) is 84.1 Å². The van der Waals surface area contributed by atoms with E-state index in [1.165, 1.54) is 6.92 Å². The second-order valence-electron chi connectivity index (χ2n) is 12.2. The number of benzene rings is 1. The first-order valence-corrected chi connectivity index (χ1v) is 15.7. The fraction of sp³-hybridized carbons (Fsp3) is 0.606. The lowest BCUT2D eigenvalue weighted by Gasteiger charge is -2.39. The van der Waals surface area contributed by atoms with Gasteiger partial charge in [-0.1, -0.05) is 44.9 Å². The van der Waals surface area contributed by atoms with Gasteiger partial charge in [-0.15, -0.1) is 0 Å². The molecular formula is C33H46N4O6. The number of carbonyl (C=O) groups is 5. The molecule has 10 nitrogen and oxygen atoms in total. The maximum Gasteiger partial charge on any atom is 0.246 e. The Morgan fingerprint density at radius 2 is 1.84 bits per heavy atom. The number of rotatable bonds is 10. The number of hydrogen-bond acceptors (Lipinski definition) is 6. The molecule has 2 aromatic rings. The van der Waals surface area contributed by atoms with Gasteiger partial charge in [-0.2, -0.15) is 4.73 Å². The number of nitrogens with one attached hydrogen (secondary N) is 2. The van der Waals surface area contributed by atoms with E-state index < -0.39 is 30.0 Å². The minimum Gasteiger partial charge on any atom is -0.417 e. The third-order valence-electron chi connectivity index (χ3n) is 9.10. The highest BCUT2D eigenvalue weighted by molar-refractivity contribution is 5.98. The van der Waals surface area contributed by atoms with E-state index in [0.717, 1.165) is 29.3 Å². The molecule has 3 heterocycles. The Morgan fingerprint density at radius 3 is 2.56 bits per heavy atom. The Balaban J connectivity index is 1.70. The number of Topliss-reactive ketones (excluding diaryl/α,β-unsaturated/α-hetero) is 2. The van der Waals surface area contributed by atoms with Crippen LogP contribution in [0.4, 0.5) is 0 Å². The molecule has 0 spiro atoms. The zero-order valence-electron chi connectivity index (χ0n) is 25.9. The van der Waals surface area contributed by atoms with Gasteiger partial charge < -0.3 is 25.2 Å². The largest absolute Gasteiger partial charge is 0.417 e. The molecule has 10 heteroatoms. The number of ketones is 2. The minimum atomic E-state index is -0.977. The molecule has 2 fully saturated rings. The molecule has 0 aliphatic carbocycles. The molecule has 234 valence electrons. The summed E-state index contributed by atoms with van der Waals surface area (Å²) in [5.41, 5.74) is 1.64. The third-order valence-corrected chi connectivity index (χ3v) is 9.10. The van der Waals surface area contributed by atoms with Gasteiger partial charge in [-0.3, -0.25) is 19.2 Å². The summed E-state index contributed by atoms with van der Waals surface area (Å²) < 4.78 is 1.62. The summed E-state index contributed by atoms with van der Waals surface area (Å²) in [6.45, 7) is 5.88. The second kappa shape index (κ2) is 14.7. The highest BCUT2D eigenvalue weighted by atomic mass is 16.6. The van der Waals surface area contributed by atoms with Crippen molar-refractivity contribution in [2.45, 2.75) is 103 Å². The van der Waals surface area contributed by atoms with Gasteiger partial charge in [0.05, 0.1) is 11.6 Å². The Kier molecular flexibility index (Phi) is 11.0. The molecule has 0 bridgehead atoms. The number of para-hydroxylation sites is 1. The van der Waals surface area contributed by atoms with Gasteiger partial charge >= 0.3 is 0 Å². The smallest absolute Gasteiger partial charge is 0.246 e. The van der Waals surface area contributed by atoms with Crippen molar-refractivity contribution < 1.29 is 28.8 Å². The van der Waals surface area contributed by atoms with E-state index in [9.17, 15) is 24.0 Å². The Hall–Kier alpha value is -3.69. The molecule has 0 radical (unpaired) electrons. The average molecular weight is 595 g/mol. The SMILES string of the molecule is CCC(C)[C@@H]1NC(=O)[C@H](Cc2cn(OC)c3ccccc23)NC(=O)[C@H](CCCCC(C)=O)CC(=O)[C@H]2CCCCN2C1=O. The number of nitrogens with zero attached hydrogens (tertiary/aromatic N) is 2. The Bertz CT molecular complexity index is 1340. The molecule has 2 N–H and O–H groups in total. The molecule has 43 heavy (non-hydrogen) atoms. The first-order chi connectivity index (χ1) is 20.6. The lowest BCUT2D eigenvalue weighted by molar-refractivity contribution is -0.147. The van der Waals surface area contributed by atoms with E-state index >= 15 is 0 Å². The van der Waals surface area contributed by atoms with Crippen molar-refractivity contribution in [2.75, 3.05) is 13.7 Å². The molecule has 4 rings (SSSR count). The second-order valence-corrected chi connectivity index (χ2v) is 12.2. The minimum absolute atomic E-state index is 0.00826. The van der Waals surface area contributed by atoms with E-state index in [1.807, 2.05) is 38.1 Å². The van der Waals surface area contributed by atoms with Gasteiger partial charge in [0.15, 0.2) is 5.78 Å². The molecule has 0 saturated carbocycles. The van der Waals surface area contributed by atoms with E-state index in [0.29, 0.717) is 45.1 Å². The van der Waals surface area contributed by atoms with Crippen molar-refractivity contribution in [3.63, 3.8) is 0 Å². The first-order valence-electron chi connectivity index (χ1n) is 15.7. The van der Waals surface area contributed by atoms with Crippen LogP contribution in [-0.4, -0.2) is 70.7 Å². The summed E-state index contributed by atoms with van der Waals surface area (Å²) in [4.78, 5) is 74.2. The van der Waals surface area contributed by atoms with Crippen molar-refractivity contribution in [3.8, 4) is 0 Å². The van der Waals surface area contributed by atoms with Crippen LogP contribution in [0.3, 0.4) is 0 Å². The highest BCUT2D eigenvalue weighted by Gasteiger charge is 2.40. The van der Waals surface area contributed by atoms with Crippen LogP contribution in [-0.2, 0) is 30.4 Å². The van der Waals surface area contributed by atoms with E-state index in [-0.39, 0.29) is 42.1 Å². The van der Waals surface area contributed by atoms with Gasteiger partial charge in [-0.05, 0) is 56.6 Å². The van der Waals surface area contributed by atoms with Gasteiger partial charge in [0.2, 0.25) is 17.7 Å². The first kappa shape index (κ1) is 32.2. The number of unbranched alkanes of at least 4 members (excludes halogenated alkanes) is 1. The van der Waals surface area contributed by atoms with Crippen LogP contribution >= 0.6 is 0 Å². The van der Waals surface area contributed by atoms with Crippen molar-refractivity contribution in [3.05, 3.63) is 36.0 Å². The molecule has 2 aliphatic rings. The maximum atomic E-state index is 14.0. The van der Waals surface area contributed by atoms with Gasteiger partial charge in [0, 0.05) is 43.3 Å². The predicted molar refractivity (Wildman–Crippen MR) is 163 cm³/mol. The van der Waals surface area contributed by atoms with Gasteiger partial charge in [0.25, 0.3) is 0 Å². The Morgan fingerprint density at radius 1 is 1.07 bits per heavy atom. The van der Waals surface area contributed by atoms with Crippen molar-refractivity contribution in [1.82, 2.24) is 20.3 Å². The quantitative estimate of drug-likeness (QED) is 0.406. The lowest BCUT2D eigenvalue weighted by Crippen LogP contribution is -2.61. The highest BCUT2D eigenvalue weighted by Crippen LogP contribution is 2.27. The molecule has 1 unspecified atom stereocenters. The summed E-state index contributed by atoms with van der Waals surface area (Å²) in [7, 11) is 1.56. The third kappa shape index (κ3) is 7.64. The number of fused-ring (bicyclic) bond motifs is 2. The fourth-order valence-corrected chi connectivity index (χ4v) is 6.37.